The van der Waals surface area contributed by atoms with Crippen molar-refractivity contribution in [2.24, 2.45) is 5.73 Å². The number of benzene rings is 1. The van der Waals surface area contributed by atoms with Crippen LogP contribution in [0.15, 0.2) is 12.1 Å². The fourth-order valence-electron chi connectivity index (χ4n) is 1.77. The first-order valence-corrected chi connectivity index (χ1v) is 6.57. The van der Waals surface area contributed by atoms with E-state index in [1.54, 1.807) is 13.8 Å². The van der Waals surface area contributed by atoms with Crippen LogP contribution in [0.1, 0.15) is 25.8 Å². The number of carbonyl (C=O) groups is 1. The fraction of sp³-hybridized carbons (Fsp3) is 0.500. The Balaban J connectivity index is 2.64. The van der Waals surface area contributed by atoms with E-state index in [4.69, 9.17) is 10.5 Å². The SMILES string of the molecule is CCNC(=O)CCOc1c(F)cc(CC(C)N)cc1F. The highest BCUT2D eigenvalue weighted by atomic mass is 19.1. The first kappa shape index (κ1) is 16.4. The maximum atomic E-state index is 13.7. The van der Waals surface area contributed by atoms with Crippen molar-refractivity contribution in [2.45, 2.75) is 32.7 Å². The summed E-state index contributed by atoms with van der Waals surface area (Å²) in [4.78, 5) is 11.2. The zero-order valence-electron chi connectivity index (χ0n) is 11.7. The van der Waals surface area contributed by atoms with Gasteiger partial charge in [0.05, 0.1) is 13.0 Å². The average Bonchev–Trinajstić information content (AvgIpc) is 2.32. The molecule has 1 aromatic rings. The Bertz CT molecular complexity index is 441. The molecule has 0 aliphatic carbocycles. The molecule has 0 saturated heterocycles. The Labute approximate surface area is 117 Å². The number of nitrogens with one attached hydrogen (secondary N) is 1. The summed E-state index contributed by atoms with van der Waals surface area (Å²) < 4.78 is 32.5. The summed E-state index contributed by atoms with van der Waals surface area (Å²) in [6, 6.07) is 2.22. The number of amides is 1. The van der Waals surface area contributed by atoms with Crippen LogP contribution in [0.25, 0.3) is 0 Å². The molecule has 0 radical (unpaired) electrons. The van der Waals surface area contributed by atoms with Gasteiger partial charge in [-0.2, -0.15) is 0 Å². The summed E-state index contributed by atoms with van der Waals surface area (Å²) in [6.45, 7) is 3.97. The van der Waals surface area contributed by atoms with E-state index < -0.39 is 17.4 Å². The van der Waals surface area contributed by atoms with E-state index >= 15 is 0 Å². The van der Waals surface area contributed by atoms with Crippen LogP contribution in [0.3, 0.4) is 0 Å². The number of nitrogens with two attached hydrogens (primary N) is 1. The van der Waals surface area contributed by atoms with E-state index in [0.29, 0.717) is 18.5 Å². The molecule has 0 aromatic heterocycles. The molecule has 0 aliphatic rings. The van der Waals surface area contributed by atoms with Gasteiger partial charge in [-0.25, -0.2) is 8.78 Å². The Morgan fingerprint density at radius 1 is 1.40 bits per heavy atom. The predicted octanol–water partition coefficient (Wildman–Crippen LogP) is 1.76. The smallest absolute Gasteiger partial charge is 0.223 e. The van der Waals surface area contributed by atoms with Gasteiger partial charge < -0.3 is 15.8 Å². The molecule has 0 saturated carbocycles. The van der Waals surface area contributed by atoms with Gasteiger partial charge in [-0.1, -0.05) is 0 Å². The van der Waals surface area contributed by atoms with E-state index in [0.717, 1.165) is 0 Å². The predicted molar refractivity (Wildman–Crippen MR) is 72.5 cm³/mol. The van der Waals surface area contributed by atoms with Gasteiger partial charge in [0, 0.05) is 12.6 Å². The summed E-state index contributed by atoms with van der Waals surface area (Å²) in [5, 5.41) is 2.57. The molecule has 1 aromatic carbocycles. The Morgan fingerprint density at radius 2 is 2.00 bits per heavy atom. The molecule has 1 amide bonds. The lowest BCUT2D eigenvalue weighted by atomic mass is 10.1. The number of halogens is 2. The van der Waals surface area contributed by atoms with E-state index in [2.05, 4.69) is 5.32 Å². The third-order valence-electron chi connectivity index (χ3n) is 2.57. The van der Waals surface area contributed by atoms with Crippen molar-refractivity contribution in [3.8, 4) is 5.75 Å². The lowest BCUT2D eigenvalue weighted by molar-refractivity contribution is -0.121. The third kappa shape index (κ3) is 5.13. The van der Waals surface area contributed by atoms with Gasteiger partial charge in [0.25, 0.3) is 0 Å². The monoisotopic (exact) mass is 286 g/mol. The second kappa shape index (κ2) is 7.79. The Hall–Kier alpha value is -1.69. The van der Waals surface area contributed by atoms with Crippen LogP contribution in [-0.2, 0) is 11.2 Å². The summed E-state index contributed by atoms with van der Waals surface area (Å²) >= 11 is 0. The maximum Gasteiger partial charge on any atom is 0.223 e. The lowest BCUT2D eigenvalue weighted by Gasteiger charge is -2.11. The van der Waals surface area contributed by atoms with Crippen LogP contribution >= 0.6 is 0 Å². The lowest BCUT2D eigenvalue weighted by Crippen LogP contribution is -2.24. The highest BCUT2D eigenvalue weighted by molar-refractivity contribution is 5.75. The van der Waals surface area contributed by atoms with Crippen LogP contribution in [-0.4, -0.2) is 25.1 Å². The largest absolute Gasteiger partial charge is 0.487 e. The second-order valence-electron chi connectivity index (χ2n) is 4.62. The Morgan fingerprint density at radius 3 is 2.50 bits per heavy atom. The van der Waals surface area contributed by atoms with Crippen LogP contribution in [0.5, 0.6) is 5.75 Å². The van der Waals surface area contributed by atoms with Gasteiger partial charge in [0.1, 0.15) is 0 Å². The van der Waals surface area contributed by atoms with Crippen molar-refractivity contribution in [3.05, 3.63) is 29.3 Å². The molecule has 3 N–H and O–H groups in total. The van der Waals surface area contributed by atoms with Gasteiger partial charge in [-0.05, 0) is 38.0 Å². The van der Waals surface area contributed by atoms with Gasteiger partial charge >= 0.3 is 0 Å². The van der Waals surface area contributed by atoms with Gasteiger partial charge in [-0.3, -0.25) is 4.79 Å². The quantitative estimate of drug-likeness (QED) is 0.802. The summed E-state index contributed by atoms with van der Waals surface area (Å²) in [5.74, 6) is -2.24. The van der Waals surface area contributed by atoms with Crippen LogP contribution in [0, 0.1) is 11.6 Å². The second-order valence-corrected chi connectivity index (χ2v) is 4.62. The van der Waals surface area contributed by atoms with Crippen molar-refractivity contribution in [1.29, 1.82) is 0 Å². The third-order valence-corrected chi connectivity index (χ3v) is 2.57. The first-order chi connectivity index (χ1) is 9.43. The molecule has 6 heteroatoms. The van der Waals surface area contributed by atoms with Crippen molar-refractivity contribution in [2.75, 3.05) is 13.2 Å². The number of hydrogen-bond donors (Lipinski definition) is 2. The molecule has 20 heavy (non-hydrogen) atoms. The molecule has 4 nitrogen and oxygen atoms in total. The molecular weight excluding hydrogens is 266 g/mol. The van der Waals surface area contributed by atoms with E-state index in [9.17, 15) is 13.6 Å². The van der Waals surface area contributed by atoms with Crippen molar-refractivity contribution < 1.29 is 18.3 Å². The van der Waals surface area contributed by atoms with E-state index in [1.165, 1.54) is 12.1 Å². The molecule has 112 valence electrons. The molecule has 0 bridgehead atoms. The maximum absolute atomic E-state index is 13.7. The number of carbonyl (C=O) groups excluding carboxylic acids is 1. The molecule has 0 fully saturated rings. The first-order valence-electron chi connectivity index (χ1n) is 6.57. The highest BCUT2D eigenvalue weighted by Crippen LogP contribution is 2.24. The van der Waals surface area contributed by atoms with Gasteiger partial charge in [0.15, 0.2) is 17.4 Å². The van der Waals surface area contributed by atoms with E-state index in [-0.39, 0.29) is 25.0 Å². The zero-order valence-corrected chi connectivity index (χ0v) is 11.7. The molecule has 0 spiro atoms. The van der Waals surface area contributed by atoms with Crippen molar-refractivity contribution in [3.63, 3.8) is 0 Å². The standard InChI is InChI=1S/C14H20F2N2O2/c1-3-18-13(19)4-5-20-14-11(15)7-10(6-9(2)17)8-12(14)16/h7-9H,3-6,17H2,1-2H3,(H,18,19). The van der Waals surface area contributed by atoms with Crippen molar-refractivity contribution in [1.82, 2.24) is 5.32 Å². The summed E-state index contributed by atoms with van der Waals surface area (Å²) in [5.41, 5.74) is 6.06. The number of ether oxygens (including phenoxy) is 1. The minimum absolute atomic E-state index is 0.0499. The molecule has 1 atom stereocenters. The number of rotatable bonds is 7. The summed E-state index contributed by atoms with van der Waals surface area (Å²) in [6.07, 6.45) is 0.432. The van der Waals surface area contributed by atoms with Gasteiger partial charge in [-0.15, -0.1) is 0 Å². The van der Waals surface area contributed by atoms with Crippen LogP contribution in [0.2, 0.25) is 0 Å². The fourth-order valence-corrected chi connectivity index (χ4v) is 1.77. The van der Waals surface area contributed by atoms with Crippen LogP contribution in [0.4, 0.5) is 8.78 Å². The molecule has 1 rings (SSSR count). The van der Waals surface area contributed by atoms with Crippen LogP contribution < -0.4 is 15.8 Å². The number of hydrogen-bond acceptors (Lipinski definition) is 3. The normalized spacial score (nSPS) is 12.1. The zero-order chi connectivity index (χ0) is 15.1. The molecule has 0 heterocycles. The minimum atomic E-state index is -0.781. The minimum Gasteiger partial charge on any atom is -0.487 e. The molecular formula is C14H20F2N2O2. The topological polar surface area (TPSA) is 64.3 Å². The van der Waals surface area contributed by atoms with Crippen molar-refractivity contribution >= 4 is 5.91 Å². The average molecular weight is 286 g/mol. The van der Waals surface area contributed by atoms with E-state index in [1.807, 2.05) is 0 Å². The van der Waals surface area contributed by atoms with Gasteiger partial charge in [0.2, 0.25) is 5.91 Å². The molecule has 0 aliphatic heterocycles. The Kier molecular flexibility index (Phi) is 6.38. The highest BCUT2D eigenvalue weighted by Gasteiger charge is 2.14. The molecule has 1 unspecified atom stereocenters. The summed E-state index contributed by atoms with van der Waals surface area (Å²) in [7, 11) is 0.